The zero-order valence-electron chi connectivity index (χ0n) is 20.9. The molecule has 1 amide bonds. The van der Waals surface area contributed by atoms with Crippen molar-refractivity contribution < 1.29 is 61.0 Å². The van der Waals surface area contributed by atoms with Gasteiger partial charge in [0, 0.05) is 34.4 Å². The van der Waals surface area contributed by atoms with E-state index < -0.39 is 59.2 Å². The van der Waals surface area contributed by atoms with Crippen molar-refractivity contribution in [3.8, 4) is 17.0 Å². The summed E-state index contributed by atoms with van der Waals surface area (Å²) in [5, 5.41) is 30.2. The second-order valence-electron chi connectivity index (χ2n) is 8.55. The molecule has 0 bridgehead atoms. The van der Waals surface area contributed by atoms with Crippen molar-refractivity contribution in [1.29, 1.82) is 0 Å². The molecule has 224 valence electrons. The van der Waals surface area contributed by atoms with Gasteiger partial charge in [-0.05, 0) is 18.2 Å². The normalized spacial score (nSPS) is 12.6. The van der Waals surface area contributed by atoms with E-state index in [0.29, 0.717) is 28.3 Å². The van der Waals surface area contributed by atoms with Crippen molar-refractivity contribution in [2.24, 2.45) is 0 Å². The standard InChI is InChI=1S/C23H18F3N3O5S.C2HF3O2/c24-23(25,26)15-4-2-1-3-13(15)16-6-5-12(7-27-16)9-29-17-11-35-10-14(17)20(32)19(22(29)34)21(33)28-8-18(30)31;3-2(4,5)1(6)7/h1-7,32H,8-11H2,(H,28,33)(H,30,31);(H,6,7). The lowest BCUT2D eigenvalue weighted by Crippen LogP contribution is -2.37. The number of hydrogen-bond donors (Lipinski definition) is 3. The van der Waals surface area contributed by atoms with Crippen molar-refractivity contribution in [2.75, 3.05) is 6.54 Å². The maximum absolute atomic E-state index is 13.4. The molecule has 4 N–H and O–H groups in total. The van der Waals surface area contributed by atoms with Gasteiger partial charge in [-0.15, -0.1) is 0 Å². The van der Waals surface area contributed by atoms with Crippen LogP contribution in [0, 0.1) is 0 Å². The van der Waals surface area contributed by atoms with E-state index in [2.05, 4.69) is 10.3 Å². The van der Waals surface area contributed by atoms with E-state index in [0.717, 1.165) is 6.07 Å². The first-order valence-corrected chi connectivity index (χ1v) is 12.7. The highest BCUT2D eigenvalue weighted by molar-refractivity contribution is 7.98. The lowest BCUT2D eigenvalue weighted by Gasteiger charge is -2.15. The van der Waals surface area contributed by atoms with Crippen LogP contribution < -0.4 is 21.0 Å². The molecule has 0 atom stereocenters. The third kappa shape index (κ3) is 7.39. The fraction of sp³-hybridized carbons (Fsp3) is 0.240. The van der Waals surface area contributed by atoms with Crippen LogP contribution in [0.3, 0.4) is 0 Å². The smallest absolute Gasteiger partial charge is 0.430 e. The monoisotopic (exact) mass is 619 g/mol. The molecule has 1 aliphatic heterocycles. The Hall–Kier alpha value is -4.54. The summed E-state index contributed by atoms with van der Waals surface area (Å²) in [5.74, 6) is -5.02. The number of amides is 1. The third-order valence-electron chi connectivity index (χ3n) is 5.74. The Labute approximate surface area is 235 Å². The Morgan fingerprint density at radius 3 is 2.24 bits per heavy atom. The summed E-state index contributed by atoms with van der Waals surface area (Å²) in [6.45, 7) is -0.738. The van der Waals surface area contributed by atoms with Crippen molar-refractivity contribution >= 4 is 29.6 Å². The lowest BCUT2D eigenvalue weighted by molar-refractivity contribution is -0.365. The van der Waals surface area contributed by atoms with Crippen LogP contribution in [0.4, 0.5) is 26.3 Å². The van der Waals surface area contributed by atoms with Gasteiger partial charge in [0.05, 0.1) is 17.7 Å². The largest absolute Gasteiger partial charge is 0.542 e. The predicted molar refractivity (Wildman–Crippen MR) is 131 cm³/mol. The molecule has 17 heteroatoms. The maximum atomic E-state index is 13.4. The summed E-state index contributed by atoms with van der Waals surface area (Å²) in [7, 11) is 0. The van der Waals surface area contributed by atoms with Crippen LogP contribution in [0.25, 0.3) is 11.3 Å². The first kappa shape index (κ1) is 32.0. The average molecular weight is 619 g/mol. The van der Waals surface area contributed by atoms with Crippen LogP contribution >= 0.6 is 11.8 Å². The Balaban J connectivity index is 0.000000616. The Bertz CT molecular complexity index is 1570. The van der Waals surface area contributed by atoms with Gasteiger partial charge in [0.15, 0.2) is 6.20 Å². The summed E-state index contributed by atoms with van der Waals surface area (Å²) < 4.78 is 73.0. The number of benzene rings is 1. The molecular weight excluding hydrogens is 600 g/mol. The topological polar surface area (TPSA) is 163 Å². The minimum atomic E-state index is -5.19. The number of alkyl halides is 6. The van der Waals surface area contributed by atoms with E-state index in [1.54, 1.807) is 6.07 Å². The molecule has 2 aromatic heterocycles. The first-order chi connectivity index (χ1) is 19.5. The van der Waals surface area contributed by atoms with E-state index in [1.165, 1.54) is 46.8 Å². The van der Waals surface area contributed by atoms with Gasteiger partial charge in [-0.3, -0.25) is 14.4 Å². The highest BCUT2D eigenvalue weighted by atomic mass is 32.2. The Kier molecular flexibility index (Phi) is 9.55. The molecule has 0 fully saturated rings. The molecule has 1 aromatic carbocycles. The van der Waals surface area contributed by atoms with Crippen molar-refractivity contribution in [3.63, 3.8) is 0 Å². The number of carboxylic acid groups (broad SMARTS) is 2. The number of aromatic nitrogens is 2. The summed E-state index contributed by atoms with van der Waals surface area (Å²) in [6, 6.07) is 8.19. The van der Waals surface area contributed by atoms with Gasteiger partial charge >= 0.3 is 18.3 Å². The quantitative estimate of drug-likeness (QED) is 0.353. The second kappa shape index (κ2) is 12.5. The molecule has 1 aliphatic rings. The van der Waals surface area contributed by atoms with Gasteiger partial charge in [-0.2, -0.15) is 38.1 Å². The number of carbonyl (C=O) groups is 3. The number of aromatic amines is 1. The van der Waals surface area contributed by atoms with Gasteiger partial charge in [0.2, 0.25) is 5.69 Å². The molecule has 3 aromatic rings. The van der Waals surface area contributed by atoms with E-state index in [9.17, 15) is 45.8 Å². The molecule has 0 saturated heterocycles. The van der Waals surface area contributed by atoms with Crippen LogP contribution in [0.2, 0.25) is 0 Å². The SMILES string of the molecule is O=C(O)CNC(=O)c1c(O)c2c(n(Cc3ccc(-c4ccccc4C(F)(F)F)[nH+]c3)c1=O)CSC2.O=C([O-])C(F)(F)F. The number of nitrogens with one attached hydrogen (secondary N) is 2. The van der Waals surface area contributed by atoms with Crippen LogP contribution in [0.1, 0.15) is 32.7 Å². The first-order valence-electron chi connectivity index (χ1n) is 11.5. The fourth-order valence-electron chi connectivity index (χ4n) is 3.86. The number of H-pyrrole nitrogens is 1. The van der Waals surface area contributed by atoms with E-state index >= 15 is 0 Å². The number of fused-ring (bicyclic) bond motifs is 1. The Morgan fingerprint density at radius 2 is 1.69 bits per heavy atom. The van der Waals surface area contributed by atoms with Gasteiger partial charge in [0.1, 0.15) is 23.8 Å². The number of aliphatic carboxylic acids is 2. The molecule has 0 saturated carbocycles. The maximum Gasteiger partial charge on any atom is 0.430 e. The van der Waals surface area contributed by atoms with Crippen molar-refractivity contribution in [2.45, 2.75) is 30.4 Å². The zero-order chi connectivity index (χ0) is 31.4. The lowest BCUT2D eigenvalue weighted by atomic mass is 10.0. The molecule has 0 aliphatic carbocycles. The number of halogens is 6. The van der Waals surface area contributed by atoms with E-state index in [4.69, 9.17) is 15.0 Å². The highest BCUT2D eigenvalue weighted by Crippen LogP contribution is 2.37. The highest BCUT2D eigenvalue weighted by Gasteiger charge is 2.35. The van der Waals surface area contributed by atoms with Crippen molar-refractivity contribution in [3.05, 3.63) is 80.9 Å². The molecule has 3 heterocycles. The van der Waals surface area contributed by atoms with Crippen LogP contribution in [-0.2, 0) is 33.8 Å². The van der Waals surface area contributed by atoms with Gasteiger partial charge in [0.25, 0.3) is 11.5 Å². The molecule has 10 nitrogen and oxygen atoms in total. The van der Waals surface area contributed by atoms with E-state index in [1.807, 2.05) is 0 Å². The number of carbonyl (C=O) groups excluding carboxylic acids is 2. The summed E-state index contributed by atoms with van der Waals surface area (Å²) in [6.07, 6.45) is -8.25. The molecule has 0 radical (unpaired) electrons. The van der Waals surface area contributed by atoms with E-state index in [-0.39, 0.29) is 17.8 Å². The molecule has 42 heavy (non-hydrogen) atoms. The molecule has 0 spiro atoms. The number of pyridine rings is 2. The van der Waals surface area contributed by atoms with Gasteiger partial charge < -0.3 is 30.0 Å². The average Bonchev–Trinajstić information content (AvgIpc) is 3.40. The summed E-state index contributed by atoms with van der Waals surface area (Å²) in [4.78, 5) is 48.0. The summed E-state index contributed by atoms with van der Waals surface area (Å²) >= 11 is 1.43. The number of nitrogens with zero attached hydrogens (tertiary/aromatic N) is 1. The summed E-state index contributed by atoms with van der Waals surface area (Å²) in [5.41, 5.74) is -0.441. The predicted octanol–water partition coefficient (Wildman–Crippen LogP) is 1.96. The number of hydrogen-bond acceptors (Lipinski definition) is 7. The van der Waals surface area contributed by atoms with Crippen LogP contribution in [-0.4, -0.2) is 45.3 Å². The number of rotatable bonds is 6. The number of thioether (sulfide) groups is 1. The molecular formula is C25H19F6N3O7S. The molecule has 0 unspecified atom stereocenters. The van der Waals surface area contributed by atoms with Gasteiger partial charge in [-0.1, -0.05) is 12.1 Å². The van der Waals surface area contributed by atoms with Crippen molar-refractivity contribution in [1.82, 2.24) is 9.88 Å². The second-order valence-corrected chi connectivity index (χ2v) is 9.53. The van der Waals surface area contributed by atoms with Crippen LogP contribution in [0.15, 0.2) is 47.4 Å². The number of aromatic hydroxyl groups is 1. The number of carboxylic acids is 2. The van der Waals surface area contributed by atoms with Gasteiger partial charge in [-0.25, -0.2) is 4.98 Å². The molecule has 4 rings (SSSR count). The minimum Gasteiger partial charge on any atom is -0.542 e. The Morgan fingerprint density at radius 1 is 1.05 bits per heavy atom. The fourth-order valence-corrected chi connectivity index (χ4v) is 5.00. The minimum absolute atomic E-state index is 0.0150. The van der Waals surface area contributed by atoms with Crippen LogP contribution in [0.5, 0.6) is 5.75 Å². The third-order valence-corrected chi connectivity index (χ3v) is 6.71. The zero-order valence-corrected chi connectivity index (χ0v) is 21.7.